The maximum absolute atomic E-state index is 12.3. The fourth-order valence-corrected chi connectivity index (χ4v) is 3.81. The number of carbonyl (C=O) groups excluding carboxylic acids is 1. The van der Waals surface area contributed by atoms with Gasteiger partial charge in [-0.05, 0) is 38.5 Å². The maximum atomic E-state index is 12.3. The summed E-state index contributed by atoms with van der Waals surface area (Å²) in [6, 6.07) is 20.0. The Bertz CT molecular complexity index is 875. The van der Waals surface area contributed by atoms with Crippen molar-refractivity contribution in [3.63, 3.8) is 0 Å². The molecule has 1 atom stereocenters. The predicted octanol–water partition coefficient (Wildman–Crippen LogP) is 4.46. The minimum atomic E-state index is -0.00136. The lowest BCUT2D eigenvalue weighted by Gasteiger charge is -2.14. The van der Waals surface area contributed by atoms with Gasteiger partial charge in [0.15, 0.2) is 0 Å². The van der Waals surface area contributed by atoms with Crippen LogP contribution in [0.15, 0.2) is 65.6 Å². The molecule has 0 radical (unpaired) electrons. The van der Waals surface area contributed by atoms with Crippen molar-refractivity contribution in [3.05, 3.63) is 77.6 Å². The van der Waals surface area contributed by atoms with Crippen LogP contribution < -0.4 is 5.32 Å². The molecule has 0 aliphatic carbocycles. The van der Waals surface area contributed by atoms with Crippen molar-refractivity contribution in [2.24, 2.45) is 0 Å². The molecule has 0 saturated carbocycles. The molecule has 0 bridgehead atoms. The molecule has 0 aliphatic rings. The number of benzene rings is 2. The van der Waals surface area contributed by atoms with Gasteiger partial charge >= 0.3 is 0 Å². The second-order valence-corrected chi connectivity index (χ2v) is 7.22. The average molecular weight is 366 g/mol. The van der Waals surface area contributed by atoms with Gasteiger partial charge in [0.2, 0.25) is 5.91 Å². The van der Waals surface area contributed by atoms with E-state index in [1.807, 2.05) is 86.1 Å². The van der Waals surface area contributed by atoms with E-state index in [0.29, 0.717) is 5.75 Å². The summed E-state index contributed by atoms with van der Waals surface area (Å²) in [6.07, 6.45) is 0. The van der Waals surface area contributed by atoms with Gasteiger partial charge in [0.05, 0.1) is 33.8 Å². The Labute approximate surface area is 158 Å². The van der Waals surface area contributed by atoms with E-state index in [0.717, 1.165) is 27.5 Å². The summed E-state index contributed by atoms with van der Waals surface area (Å²) in [5.41, 5.74) is 4.14. The molecule has 4 nitrogen and oxygen atoms in total. The van der Waals surface area contributed by atoms with E-state index in [-0.39, 0.29) is 11.9 Å². The molecule has 134 valence electrons. The second kappa shape index (κ2) is 8.23. The molecule has 0 fully saturated rings. The summed E-state index contributed by atoms with van der Waals surface area (Å²) < 4.78 is 1.93. The highest BCUT2D eigenvalue weighted by Gasteiger charge is 2.16. The maximum Gasteiger partial charge on any atom is 0.230 e. The van der Waals surface area contributed by atoms with Gasteiger partial charge in [-0.3, -0.25) is 4.79 Å². The van der Waals surface area contributed by atoms with Crippen molar-refractivity contribution in [3.8, 4) is 5.69 Å². The molecule has 2 aromatic carbocycles. The third kappa shape index (κ3) is 4.17. The van der Waals surface area contributed by atoms with Crippen molar-refractivity contribution in [2.45, 2.75) is 31.7 Å². The number of carbonyl (C=O) groups is 1. The lowest BCUT2D eigenvalue weighted by Crippen LogP contribution is -2.28. The average Bonchev–Trinajstić information content (AvgIpc) is 2.95. The third-order valence-corrected chi connectivity index (χ3v) is 5.54. The molecule has 0 spiro atoms. The van der Waals surface area contributed by atoms with Crippen LogP contribution in [0.25, 0.3) is 5.69 Å². The Morgan fingerprint density at radius 2 is 1.69 bits per heavy atom. The van der Waals surface area contributed by atoms with Crippen molar-refractivity contribution >= 4 is 17.7 Å². The van der Waals surface area contributed by atoms with Gasteiger partial charge < -0.3 is 5.32 Å². The van der Waals surface area contributed by atoms with Gasteiger partial charge in [-0.2, -0.15) is 5.10 Å². The Kier molecular flexibility index (Phi) is 5.78. The molecule has 1 aromatic heterocycles. The number of rotatable bonds is 6. The smallest absolute Gasteiger partial charge is 0.230 e. The van der Waals surface area contributed by atoms with E-state index in [1.165, 1.54) is 11.8 Å². The SMILES string of the molecule is Cc1nn(-c2ccccc2)c(C)c1SCC(=O)N[C@@H](C)c1ccccc1. The Hall–Kier alpha value is -2.53. The summed E-state index contributed by atoms with van der Waals surface area (Å²) in [7, 11) is 0. The Morgan fingerprint density at radius 3 is 2.35 bits per heavy atom. The van der Waals surface area contributed by atoms with E-state index in [4.69, 9.17) is 0 Å². The van der Waals surface area contributed by atoms with Crippen LogP contribution in [0.4, 0.5) is 0 Å². The van der Waals surface area contributed by atoms with Crippen LogP contribution in [-0.4, -0.2) is 21.4 Å². The normalized spacial score (nSPS) is 12.0. The second-order valence-electron chi connectivity index (χ2n) is 6.24. The van der Waals surface area contributed by atoms with Gasteiger partial charge in [0, 0.05) is 0 Å². The summed E-state index contributed by atoms with van der Waals surface area (Å²) >= 11 is 1.54. The Balaban J connectivity index is 1.65. The summed E-state index contributed by atoms with van der Waals surface area (Å²) in [4.78, 5) is 13.4. The highest BCUT2D eigenvalue weighted by Crippen LogP contribution is 2.28. The van der Waals surface area contributed by atoms with E-state index in [2.05, 4.69) is 10.4 Å². The molecule has 1 heterocycles. The standard InChI is InChI=1S/C21H23N3OS/c1-15(18-10-6-4-7-11-18)22-20(25)14-26-21-16(2)23-24(17(21)3)19-12-8-5-9-13-19/h4-13,15H,14H2,1-3H3,(H,22,25)/t15-/m0/s1. The molecule has 0 aliphatic heterocycles. The monoisotopic (exact) mass is 365 g/mol. The largest absolute Gasteiger partial charge is 0.349 e. The van der Waals surface area contributed by atoms with Gasteiger partial charge in [0.1, 0.15) is 0 Å². The number of hydrogen-bond acceptors (Lipinski definition) is 3. The molecule has 3 rings (SSSR count). The van der Waals surface area contributed by atoms with Crippen LogP contribution in [0.3, 0.4) is 0 Å². The van der Waals surface area contributed by atoms with E-state index < -0.39 is 0 Å². The predicted molar refractivity (Wildman–Crippen MR) is 107 cm³/mol. The molecular weight excluding hydrogens is 342 g/mol. The number of hydrogen-bond donors (Lipinski definition) is 1. The highest BCUT2D eigenvalue weighted by atomic mass is 32.2. The molecule has 5 heteroatoms. The van der Waals surface area contributed by atoms with Crippen LogP contribution in [0.5, 0.6) is 0 Å². The fraction of sp³-hybridized carbons (Fsp3) is 0.238. The number of aryl methyl sites for hydroxylation is 1. The van der Waals surface area contributed by atoms with Gasteiger partial charge in [0.25, 0.3) is 0 Å². The molecule has 26 heavy (non-hydrogen) atoms. The lowest BCUT2D eigenvalue weighted by molar-refractivity contribution is -0.119. The number of aromatic nitrogens is 2. The van der Waals surface area contributed by atoms with Crippen molar-refractivity contribution < 1.29 is 4.79 Å². The molecule has 1 amide bonds. The summed E-state index contributed by atoms with van der Waals surface area (Å²) in [5, 5.41) is 7.69. The van der Waals surface area contributed by atoms with Crippen LogP contribution in [0, 0.1) is 13.8 Å². The van der Waals surface area contributed by atoms with Crippen molar-refractivity contribution in [1.29, 1.82) is 0 Å². The van der Waals surface area contributed by atoms with E-state index >= 15 is 0 Å². The third-order valence-electron chi connectivity index (χ3n) is 4.25. The minimum Gasteiger partial charge on any atom is -0.349 e. The number of amides is 1. The number of nitrogens with one attached hydrogen (secondary N) is 1. The van der Waals surface area contributed by atoms with Crippen LogP contribution >= 0.6 is 11.8 Å². The minimum absolute atomic E-state index is 0.00136. The van der Waals surface area contributed by atoms with Crippen LogP contribution in [0.2, 0.25) is 0 Å². The van der Waals surface area contributed by atoms with Gasteiger partial charge in [-0.25, -0.2) is 4.68 Å². The summed E-state index contributed by atoms with van der Waals surface area (Å²) in [6.45, 7) is 6.03. The van der Waals surface area contributed by atoms with Gasteiger partial charge in [-0.1, -0.05) is 48.5 Å². The lowest BCUT2D eigenvalue weighted by atomic mass is 10.1. The zero-order valence-electron chi connectivity index (χ0n) is 15.3. The molecule has 3 aromatic rings. The molecule has 1 N–H and O–H groups in total. The first-order valence-electron chi connectivity index (χ1n) is 8.65. The first kappa shape index (κ1) is 18.3. The van der Waals surface area contributed by atoms with Crippen molar-refractivity contribution in [1.82, 2.24) is 15.1 Å². The van der Waals surface area contributed by atoms with Crippen molar-refractivity contribution in [2.75, 3.05) is 5.75 Å². The molecule has 0 unspecified atom stereocenters. The van der Waals surface area contributed by atoms with E-state index in [1.54, 1.807) is 0 Å². The quantitative estimate of drug-likeness (QED) is 0.656. The molecule has 0 saturated heterocycles. The van der Waals surface area contributed by atoms with E-state index in [9.17, 15) is 4.79 Å². The number of nitrogens with zero attached hydrogens (tertiary/aromatic N) is 2. The Morgan fingerprint density at radius 1 is 1.08 bits per heavy atom. The summed E-state index contributed by atoms with van der Waals surface area (Å²) in [5.74, 6) is 0.400. The number of thioether (sulfide) groups is 1. The zero-order valence-corrected chi connectivity index (χ0v) is 16.1. The fourth-order valence-electron chi connectivity index (χ4n) is 2.90. The highest BCUT2D eigenvalue weighted by molar-refractivity contribution is 8.00. The zero-order chi connectivity index (χ0) is 18.5. The number of para-hydroxylation sites is 1. The molecular formula is C21H23N3OS. The first-order valence-corrected chi connectivity index (χ1v) is 9.63. The topological polar surface area (TPSA) is 46.9 Å². The van der Waals surface area contributed by atoms with Crippen LogP contribution in [0.1, 0.15) is 29.9 Å². The first-order chi connectivity index (χ1) is 12.6. The van der Waals surface area contributed by atoms with Gasteiger partial charge in [-0.15, -0.1) is 11.8 Å². The van der Waals surface area contributed by atoms with Crippen LogP contribution in [-0.2, 0) is 4.79 Å².